The maximum absolute atomic E-state index is 13.9. The van der Waals surface area contributed by atoms with E-state index < -0.39 is 38.7 Å². The van der Waals surface area contributed by atoms with Crippen LogP contribution in [0, 0.1) is 45.7 Å². The molecule has 4 rings (SSSR count). The van der Waals surface area contributed by atoms with Crippen LogP contribution in [0.5, 0.6) is 11.5 Å². The molecule has 232 valence electrons. The van der Waals surface area contributed by atoms with Gasteiger partial charge in [-0.25, -0.2) is 8.42 Å². The SMILES string of the molecule is N#COc1ccc(C(c2ccc(OC#N)cc2)(C(F)(F)F)C(F)(F)F)cc1.N#Cc1ccc(S(=O)(=O)c2ccc(C#N)cc2)cc1. The third-order valence-electron chi connectivity index (χ3n) is 6.34. The first-order valence-electron chi connectivity index (χ1n) is 12.4. The maximum Gasteiger partial charge on any atom is 0.411 e. The molecule has 0 aromatic heterocycles. The number of rotatable bonds is 6. The molecule has 0 N–H and O–H groups in total. The second-order valence-corrected chi connectivity index (χ2v) is 10.9. The Morgan fingerprint density at radius 2 is 0.804 bits per heavy atom. The first-order chi connectivity index (χ1) is 21.6. The molecule has 0 saturated heterocycles. The quantitative estimate of drug-likeness (QED) is 0.158. The van der Waals surface area contributed by atoms with Crippen LogP contribution in [-0.2, 0) is 15.3 Å². The van der Waals surface area contributed by atoms with Crippen molar-refractivity contribution in [3.05, 3.63) is 119 Å². The summed E-state index contributed by atoms with van der Waals surface area (Å²) in [6.45, 7) is 0. The second-order valence-electron chi connectivity index (χ2n) is 8.96. The van der Waals surface area contributed by atoms with E-state index in [4.69, 9.17) is 21.0 Å². The highest BCUT2D eigenvalue weighted by Crippen LogP contribution is 2.56. The summed E-state index contributed by atoms with van der Waals surface area (Å²) in [7, 11) is -3.61. The van der Waals surface area contributed by atoms with Gasteiger partial charge in [0.15, 0.2) is 0 Å². The molecule has 8 nitrogen and oxygen atoms in total. The van der Waals surface area contributed by atoms with Crippen LogP contribution in [0.15, 0.2) is 107 Å². The van der Waals surface area contributed by atoms with Crippen molar-refractivity contribution in [2.45, 2.75) is 27.6 Å². The summed E-state index contributed by atoms with van der Waals surface area (Å²) < 4.78 is 116. The van der Waals surface area contributed by atoms with Crippen molar-refractivity contribution >= 4 is 9.84 Å². The summed E-state index contributed by atoms with van der Waals surface area (Å²) >= 11 is 0. The summed E-state index contributed by atoms with van der Waals surface area (Å²) in [5, 5.41) is 34.1. The van der Waals surface area contributed by atoms with Gasteiger partial charge in [0, 0.05) is 0 Å². The summed E-state index contributed by atoms with van der Waals surface area (Å²) in [4.78, 5) is 0.243. The van der Waals surface area contributed by atoms with Gasteiger partial charge in [0.25, 0.3) is 12.5 Å². The van der Waals surface area contributed by atoms with Crippen molar-refractivity contribution in [3.63, 3.8) is 0 Å². The number of hydrogen-bond acceptors (Lipinski definition) is 8. The first-order valence-corrected chi connectivity index (χ1v) is 13.9. The zero-order valence-corrected chi connectivity index (χ0v) is 23.7. The number of nitrogens with zero attached hydrogens (tertiary/aromatic N) is 4. The Morgan fingerprint density at radius 1 is 0.500 bits per heavy atom. The Kier molecular flexibility index (Phi) is 10.3. The molecule has 0 radical (unpaired) electrons. The summed E-state index contributed by atoms with van der Waals surface area (Å²) in [6, 6.07) is 20.9. The zero-order valence-electron chi connectivity index (χ0n) is 22.8. The maximum atomic E-state index is 13.9. The van der Waals surface area contributed by atoms with E-state index in [0.29, 0.717) is 35.4 Å². The van der Waals surface area contributed by atoms with Gasteiger partial charge in [-0.05, 0) is 83.9 Å². The lowest BCUT2D eigenvalue weighted by Gasteiger charge is -2.38. The van der Waals surface area contributed by atoms with Gasteiger partial charge in [0.1, 0.15) is 11.5 Å². The highest BCUT2D eigenvalue weighted by molar-refractivity contribution is 7.91. The van der Waals surface area contributed by atoms with Crippen molar-refractivity contribution < 1.29 is 44.2 Å². The van der Waals surface area contributed by atoms with Crippen LogP contribution in [0.4, 0.5) is 26.3 Å². The van der Waals surface area contributed by atoms with E-state index in [0.717, 1.165) is 24.3 Å². The molecule has 0 fully saturated rings. The van der Waals surface area contributed by atoms with E-state index in [2.05, 4.69) is 9.47 Å². The molecular formula is C31H16F6N4O4S. The number of hydrogen-bond donors (Lipinski definition) is 0. The van der Waals surface area contributed by atoms with Crippen molar-refractivity contribution in [2.75, 3.05) is 0 Å². The van der Waals surface area contributed by atoms with Crippen LogP contribution < -0.4 is 9.47 Å². The average Bonchev–Trinajstić information content (AvgIpc) is 3.02. The summed E-state index contributed by atoms with van der Waals surface area (Å²) in [5.74, 6) is -0.422. The highest BCUT2D eigenvalue weighted by Gasteiger charge is 2.72. The van der Waals surface area contributed by atoms with Gasteiger partial charge < -0.3 is 9.47 Å². The largest absolute Gasteiger partial charge is 0.411 e. The number of sulfone groups is 1. The molecule has 0 heterocycles. The smallest absolute Gasteiger partial charge is 0.388 e. The van der Waals surface area contributed by atoms with Crippen molar-refractivity contribution in [3.8, 4) is 36.1 Å². The average molecular weight is 655 g/mol. The molecule has 0 aliphatic heterocycles. The van der Waals surface area contributed by atoms with Crippen LogP contribution in [0.1, 0.15) is 22.3 Å². The van der Waals surface area contributed by atoms with E-state index in [1.807, 2.05) is 12.1 Å². The van der Waals surface area contributed by atoms with Crippen LogP contribution in [0.3, 0.4) is 0 Å². The Hall–Kier alpha value is -6.03. The molecule has 0 amide bonds. The summed E-state index contributed by atoms with van der Waals surface area (Å²) in [5.41, 5.74) is -5.75. The van der Waals surface area contributed by atoms with Gasteiger partial charge in [-0.1, -0.05) is 24.3 Å². The Balaban J connectivity index is 0.000000266. The van der Waals surface area contributed by atoms with E-state index in [-0.39, 0.29) is 21.3 Å². The molecule has 0 aliphatic rings. The minimum atomic E-state index is -5.75. The molecule has 0 spiro atoms. The third-order valence-corrected chi connectivity index (χ3v) is 8.13. The normalized spacial score (nSPS) is 11.3. The fourth-order valence-electron chi connectivity index (χ4n) is 4.19. The molecule has 15 heteroatoms. The van der Waals surface area contributed by atoms with Crippen molar-refractivity contribution in [1.82, 2.24) is 0 Å². The Labute approximate surface area is 258 Å². The van der Waals surface area contributed by atoms with Gasteiger partial charge >= 0.3 is 12.4 Å². The van der Waals surface area contributed by atoms with Crippen LogP contribution >= 0.6 is 0 Å². The van der Waals surface area contributed by atoms with E-state index in [1.165, 1.54) is 61.0 Å². The molecule has 46 heavy (non-hydrogen) atoms. The predicted octanol–water partition coefficient (Wildman–Crippen LogP) is 7.08. The topological polar surface area (TPSA) is 148 Å². The lowest BCUT2D eigenvalue weighted by Crippen LogP contribution is -2.54. The standard InChI is InChI=1S/C17H8F6N2O2.C14H8N2O2S/c18-16(19,20)15(17(21,22)23,11-1-5-13(6-2-11)26-9-24)12-3-7-14(8-4-12)27-10-25;15-9-11-1-5-13(6-2-11)19(17,18)14-7-3-12(10-16)4-8-14/h1-8H;1-8H. The summed E-state index contributed by atoms with van der Waals surface area (Å²) in [6.07, 6.45) is -8.96. The third kappa shape index (κ3) is 7.02. The number of nitriles is 4. The minimum Gasteiger partial charge on any atom is -0.388 e. The fraction of sp³-hybridized carbons (Fsp3) is 0.0968. The molecule has 4 aromatic rings. The Bertz CT molecular complexity index is 1810. The van der Waals surface area contributed by atoms with E-state index >= 15 is 0 Å². The van der Waals surface area contributed by atoms with Crippen LogP contribution in [0.2, 0.25) is 0 Å². The van der Waals surface area contributed by atoms with Gasteiger partial charge in [0.2, 0.25) is 15.3 Å². The Morgan fingerprint density at radius 3 is 1.04 bits per heavy atom. The molecule has 0 bridgehead atoms. The highest BCUT2D eigenvalue weighted by atomic mass is 32.2. The second kappa shape index (κ2) is 13.7. The van der Waals surface area contributed by atoms with Crippen molar-refractivity contribution in [2.24, 2.45) is 0 Å². The molecular weight excluding hydrogens is 638 g/mol. The fourth-order valence-corrected chi connectivity index (χ4v) is 5.45. The van der Waals surface area contributed by atoms with E-state index in [9.17, 15) is 34.8 Å². The minimum absolute atomic E-state index is 0.121. The number of halogens is 6. The molecule has 0 saturated carbocycles. The van der Waals surface area contributed by atoms with E-state index in [1.54, 1.807) is 0 Å². The van der Waals surface area contributed by atoms with Crippen molar-refractivity contribution in [1.29, 1.82) is 21.0 Å². The van der Waals surface area contributed by atoms with Gasteiger partial charge in [0.05, 0.1) is 33.1 Å². The number of benzene rings is 4. The number of ether oxygens (including phenoxy) is 2. The first kappa shape index (κ1) is 34.5. The monoisotopic (exact) mass is 654 g/mol. The predicted molar refractivity (Wildman–Crippen MR) is 146 cm³/mol. The van der Waals surface area contributed by atoms with Crippen LogP contribution in [-0.4, -0.2) is 20.8 Å². The number of alkyl halides is 6. The van der Waals surface area contributed by atoms with Gasteiger partial charge in [-0.2, -0.15) is 36.9 Å². The molecule has 0 aliphatic carbocycles. The van der Waals surface area contributed by atoms with Gasteiger partial charge in [-0.3, -0.25) is 0 Å². The molecule has 0 atom stereocenters. The lowest BCUT2D eigenvalue weighted by molar-refractivity contribution is -0.288. The zero-order chi connectivity index (χ0) is 34.2. The van der Waals surface area contributed by atoms with Gasteiger partial charge in [-0.15, -0.1) is 10.5 Å². The molecule has 0 unspecified atom stereocenters. The van der Waals surface area contributed by atoms with Crippen LogP contribution in [0.25, 0.3) is 0 Å². The molecule has 4 aromatic carbocycles. The lowest BCUT2D eigenvalue weighted by atomic mass is 9.73.